The smallest absolute Gasteiger partial charge is 0.338 e. The molecule has 27 heteroatoms. The first-order valence-electron chi connectivity index (χ1n) is 39.0. The molecule has 0 fully saturated rings. The minimum atomic E-state index is -1.34. The number of amides is 1. The molecule has 13 aromatic rings. The first kappa shape index (κ1) is 87.1. The van der Waals surface area contributed by atoms with E-state index in [1.54, 1.807) is 194 Å². The Balaban J connectivity index is 0.717. The zero-order valence-electron chi connectivity index (χ0n) is 66.9. The summed E-state index contributed by atoms with van der Waals surface area (Å²) in [7, 11) is 0. The van der Waals surface area contributed by atoms with Crippen LogP contribution in [-0.4, -0.2) is 96.9 Å². The van der Waals surface area contributed by atoms with Gasteiger partial charge < -0.3 is 88.1 Å². The van der Waals surface area contributed by atoms with Gasteiger partial charge in [-0.15, -0.1) is 0 Å². The van der Waals surface area contributed by atoms with E-state index in [4.69, 9.17) is 52.1 Å². The maximum absolute atomic E-state index is 14.8. The van der Waals surface area contributed by atoms with Crippen molar-refractivity contribution in [3.05, 3.63) is 409 Å². The highest BCUT2D eigenvalue weighted by Crippen LogP contribution is 2.33. The Morgan fingerprint density at radius 2 is 0.452 bits per heavy atom. The molecule has 0 bridgehead atoms. The lowest BCUT2D eigenvalue weighted by Crippen LogP contribution is -2.44. The molecular weight excluding hydrogens is 1620 g/mol. The standard InChI is InChI=1S/C99H79NO26/c101-91(71-30-36-80(37-31-71)116-57-67-42-83(119-51-61-6-18-72(19-7-61)92(102)103)48-84(43-67)120-52-62-8-20-73(21-9-62)93(104)105)100-89(60-125-98(114)78-32-38-81(39-33-78)117-58-68-44-85(121-53-63-10-22-74(23-11-63)94(106)107)49-86(45-68)122-54-64-12-24-75(25-13-64)95(108)109)90(70-4-2-1-3-5-70)126-99(115)79-34-40-82(41-35-79)118-59-69-46-87(123-55-65-14-26-76(27-15-65)96(110)111)50-88(47-69)124-56-66-16-28-77(29-17-66)97(112)113/h1-50,89-90H,51-60H2,(H,100,101)(H,102,103)(H,104,105)(H,106,107)(H,108,109)(H,110,111)(H,112,113)/t89-,90+/m0/s1. The maximum Gasteiger partial charge on any atom is 0.338 e. The number of carbonyl (C=O) groups excluding carboxylic acids is 3. The van der Waals surface area contributed by atoms with E-state index in [1.165, 1.54) is 109 Å². The summed E-state index contributed by atoms with van der Waals surface area (Å²) in [4.78, 5) is 113. The third-order valence-corrected chi connectivity index (χ3v) is 19.4. The maximum atomic E-state index is 14.8. The second-order valence-electron chi connectivity index (χ2n) is 28.5. The Bertz CT molecular complexity index is 5770. The molecule has 2 atom stereocenters. The minimum absolute atomic E-state index is 0.0235. The summed E-state index contributed by atoms with van der Waals surface area (Å²) in [6, 6.07) is 78.3. The van der Waals surface area contributed by atoms with Crippen molar-refractivity contribution in [3.63, 3.8) is 0 Å². The lowest BCUT2D eigenvalue weighted by atomic mass is 10.0. The van der Waals surface area contributed by atoms with E-state index < -0.39 is 72.4 Å². The predicted molar refractivity (Wildman–Crippen MR) is 454 cm³/mol. The summed E-state index contributed by atoms with van der Waals surface area (Å²) < 4.78 is 68.2. The number of esters is 2. The van der Waals surface area contributed by atoms with E-state index in [0.717, 1.165) is 0 Å². The molecule has 27 nitrogen and oxygen atoms in total. The van der Waals surface area contributed by atoms with Crippen molar-refractivity contribution >= 4 is 53.7 Å². The van der Waals surface area contributed by atoms with Gasteiger partial charge in [-0.2, -0.15) is 0 Å². The minimum Gasteiger partial charge on any atom is -0.489 e. The van der Waals surface area contributed by atoms with Crippen LogP contribution >= 0.6 is 0 Å². The van der Waals surface area contributed by atoms with Crippen LogP contribution in [0, 0.1) is 0 Å². The number of benzene rings is 13. The molecule has 0 saturated carbocycles. The van der Waals surface area contributed by atoms with E-state index in [1.807, 2.05) is 0 Å². The average molecular weight is 1700 g/mol. The van der Waals surface area contributed by atoms with E-state index in [-0.39, 0.29) is 110 Å². The van der Waals surface area contributed by atoms with Crippen molar-refractivity contribution in [3.8, 4) is 51.7 Å². The Morgan fingerprint density at radius 3 is 0.706 bits per heavy atom. The normalized spacial score (nSPS) is 11.3. The van der Waals surface area contributed by atoms with Crippen LogP contribution in [0.2, 0.25) is 0 Å². The van der Waals surface area contributed by atoms with E-state index in [0.29, 0.717) is 107 Å². The molecule has 0 aliphatic heterocycles. The zero-order chi connectivity index (χ0) is 88.4. The third-order valence-electron chi connectivity index (χ3n) is 19.4. The summed E-state index contributed by atoms with van der Waals surface area (Å²) in [5.74, 6) is -5.42. The molecule has 13 rings (SSSR count). The van der Waals surface area contributed by atoms with Crippen molar-refractivity contribution in [1.82, 2.24) is 5.32 Å². The molecule has 0 heterocycles. The van der Waals surface area contributed by atoms with Crippen LogP contribution in [0.25, 0.3) is 0 Å². The molecule has 0 saturated heterocycles. The van der Waals surface area contributed by atoms with Gasteiger partial charge in [0.2, 0.25) is 0 Å². The predicted octanol–water partition coefficient (Wildman–Crippen LogP) is 17.6. The highest BCUT2D eigenvalue weighted by atomic mass is 16.6. The molecular formula is C99H79NO26. The molecule has 7 N–H and O–H groups in total. The van der Waals surface area contributed by atoms with Crippen molar-refractivity contribution in [2.45, 2.75) is 71.6 Å². The highest BCUT2D eigenvalue weighted by Gasteiger charge is 2.32. The molecule has 13 aromatic carbocycles. The largest absolute Gasteiger partial charge is 0.489 e. The van der Waals surface area contributed by atoms with Gasteiger partial charge in [-0.05, 0) is 238 Å². The molecule has 0 radical (unpaired) electrons. The highest BCUT2D eigenvalue weighted by molar-refractivity contribution is 5.95. The van der Waals surface area contributed by atoms with Gasteiger partial charge in [0.1, 0.15) is 124 Å². The van der Waals surface area contributed by atoms with Gasteiger partial charge in [0.05, 0.1) is 44.5 Å². The molecule has 0 aromatic heterocycles. The third kappa shape index (κ3) is 25.2. The van der Waals surface area contributed by atoms with Crippen molar-refractivity contribution in [2.24, 2.45) is 0 Å². The fourth-order valence-electron chi connectivity index (χ4n) is 12.6. The Labute approximate surface area is 720 Å². The summed E-state index contributed by atoms with van der Waals surface area (Å²) in [5, 5.41) is 59.6. The number of carbonyl (C=O) groups is 9. The fraction of sp³-hybridized carbons (Fsp3) is 0.121. The van der Waals surface area contributed by atoms with Crippen molar-refractivity contribution in [1.29, 1.82) is 0 Å². The van der Waals surface area contributed by atoms with Gasteiger partial charge in [0.25, 0.3) is 5.91 Å². The first-order chi connectivity index (χ1) is 61.0. The summed E-state index contributed by atoms with van der Waals surface area (Å²) in [6.45, 7) is -0.201. The molecule has 0 spiro atoms. The second-order valence-corrected chi connectivity index (χ2v) is 28.5. The van der Waals surface area contributed by atoms with Crippen LogP contribution in [0.15, 0.2) is 303 Å². The van der Waals surface area contributed by atoms with Gasteiger partial charge >= 0.3 is 47.8 Å². The van der Waals surface area contributed by atoms with Crippen LogP contribution in [0.1, 0.15) is 155 Å². The Morgan fingerprint density at radius 1 is 0.230 bits per heavy atom. The molecule has 636 valence electrons. The number of aromatic carboxylic acids is 6. The summed E-state index contributed by atoms with van der Waals surface area (Å²) in [5.41, 5.74) is 7.32. The molecule has 1 amide bonds. The molecule has 0 unspecified atom stereocenters. The topological polar surface area (TPSA) is 389 Å². The number of hydrogen-bond donors (Lipinski definition) is 7. The lowest BCUT2D eigenvalue weighted by molar-refractivity contribution is 0.00475. The lowest BCUT2D eigenvalue weighted by Gasteiger charge is -2.28. The van der Waals surface area contributed by atoms with Crippen LogP contribution in [0.5, 0.6) is 51.7 Å². The number of carboxylic acid groups (broad SMARTS) is 6. The zero-order valence-corrected chi connectivity index (χ0v) is 66.9. The van der Waals surface area contributed by atoms with Crippen LogP contribution in [0.4, 0.5) is 0 Å². The van der Waals surface area contributed by atoms with Gasteiger partial charge in [-0.1, -0.05) is 103 Å². The second kappa shape index (κ2) is 42.0. The van der Waals surface area contributed by atoms with Crippen molar-refractivity contribution < 1.29 is 126 Å². The molecule has 126 heavy (non-hydrogen) atoms. The van der Waals surface area contributed by atoms with Gasteiger partial charge in [0, 0.05) is 23.8 Å². The van der Waals surface area contributed by atoms with Gasteiger partial charge in [0.15, 0.2) is 6.10 Å². The Hall–Kier alpha value is -16.7. The monoisotopic (exact) mass is 1700 g/mol. The summed E-state index contributed by atoms with van der Waals surface area (Å²) >= 11 is 0. The molecule has 0 aliphatic rings. The number of nitrogens with one attached hydrogen (secondary N) is 1. The average Bonchev–Trinajstić information content (AvgIpc) is 0.779. The number of rotatable bonds is 42. The van der Waals surface area contributed by atoms with E-state index in [2.05, 4.69) is 5.32 Å². The Kier molecular flexibility index (Phi) is 29.0. The van der Waals surface area contributed by atoms with Crippen LogP contribution < -0.4 is 47.9 Å². The number of carboxylic acids is 6. The van der Waals surface area contributed by atoms with Gasteiger partial charge in [-0.3, -0.25) is 4.79 Å². The first-order valence-corrected chi connectivity index (χ1v) is 39.0. The fourth-order valence-corrected chi connectivity index (χ4v) is 12.6. The number of ether oxygens (including phenoxy) is 11. The summed E-state index contributed by atoms with van der Waals surface area (Å²) in [6.07, 6.45) is -1.34. The molecule has 0 aliphatic carbocycles. The van der Waals surface area contributed by atoms with Crippen molar-refractivity contribution in [2.75, 3.05) is 6.61 Å². The number of hydrogen-bond acceptors (Lipinski definition) is 20. The quantitative estimate of drug-likeness (QED) is 0.0175. The van der Waals surface area contributed by atoms with E-state index in [9.17, 15) is 73.8 Å². The van der Waals surface area contributed by atoms with Crippen LogP contribution in [-0.2, 0) is 68.9 Å². The van der Waals surface area contributed by atoms with E-state index >= 15 is 0 Å². The van der Waals surface area contributed by atoms with Gasteiger partial charge in [-0.25, -0.2) is 38.4 Å². The van der Waals surface area contributed by atoms with Crippen LogP contribution in [0.3, 0.4) is 0 Å². The SMILES string of the molecule is O=C(O)c1ccc(COc2cc(COc3ccc(C(=O)N[C@@H](COC(=O)c4ccc(OCc5cc(OCc6ccc(C(=O)O)cc6)cc(OCc6ccc(C(=O)O)cc6)c5)cc4)[C@H](OC(=O)c4ccc(OCc5cc(OCc6ccc(C(=O)O)cc6)cc(OCc6ccc(C(=O)O)cc6)c5)cc4)c4ccccc4)cc3)cc(OCc3ccc(C(=O)O)cc3)c2)cc1.